The highest BCUT2D eigenvalue weighted by molar-refractivity contribution is 7.85. The molecule has 0 aliphatic heterocycles. The van der Waals surface area contributed by atoms with Crippen LogP contribution in [0.4, 0.5) is 4.79 Å². The van der Waals surface area contributed by atoms with Crippen molar-refractivity contribution in [2.75, 3.05) is 12.4 Å². The Bertz CT molecular complexity index is 436. The number of primary amides is 1. The molecule has 3 amide bonds. The molecule has 104 valence electrons. The molecule has 0 spiro atoms. The molecule has 1 unspecified atom stereocenters. The fourth-order valence-electron chi connectivity index (χ4n) is 0.564. The monoisotopic (exact) mass is 283 g/mol. The summed E-state index contributed by atoms with van der Waals surface area (Å²) in [5, 5.41) is 26.4. The predicted molar refractivity (Wildman–Crippen MR) is 57.5 cm³/mol. The van der Waals surface area contributed by atoms with Gasteiger partial charge in [-0.1, -0.05) is 0 Å². The number of nitrogens with zero attached hydrogens (tertiary/aromatic N) is 1. The molecule has 0 aromatic carbocycles. The summed E-state index contributed by atoms with van der Waals surface area (Å²) in [6, 6.07) is 0.360. The van der Waals surface area contributed by atoms with E-state index in [1.54, 1.807) is 5.32 Å². The van der Waals surface area contributed by atoms with Gasteiger partial charge in [0.1, 0.15) is 12.4 Å². The maximum absolute atomic E-state index is 10.1. The van der Waals surface area contributed by atoms with Crippen LogP contribution in [0.1, 0.15) is 6.92 Å². The number of nitrogens with two attached hydrogens (primary N) is 1. The second-order valence-corrected chi connectivity index (χ2v) is 4.63. The van der Waals surface area contributed by atoms with Crippen LogP contribution < -0.4 is 11.1 Å². The first-order chi connectivity index (χ1) is 7.93. The minimum absolute atomic E-state index is 0.719. The summed E-state index contributed by atoms with van der Waals surface area (Å²) in [7, 11) is -4.27. The van der Waals surface area contributed by atoms with E-state index in [4.69, 9.17) is 20.0 Å². The van der Waals surface area contributed by atoms with Gasteiger partial charge >= 0.3 is 6.03 Å². The lowest BCUT2D eigenvalue weighted by Crippen LogP contribution is -2.36. The average molecular weight is 283 g/mol. The van der Waals surface area contributed by atoms with Gasteiger partial charge in [0.2, 0.25) is 0 Å². The first-order valence-electron chi connectivity index (χ1n) is 4.22. The minimum Gasteiger partial charge on any atom is -0.387 e. The van der Waals surface area contributed by atoms with Crippen molar-refractivity contribution in [2.24, 2.45) is 5.73 Å². The zero-order valence-corrected chi connectivity index (χ0v) is 10.1. The molecule has 0 rings (SSSR count). The lowest BCUT2D eigenvalue weighted by atomic mass is 10.2. The number of aliphatic hydroxyl groups is 2. The Kier molecular flexibility index (Phi) is 7.82. The third-order valence-corrected chi connectivity index (χ3v) is 2.04. The Labute approximate surface area is 103 Å². The number of urea groups is 1. The number of carbonyl (C=O) groups is 2. The van der Waals surface area contributed by atoms with E-state index in [9.17, 15) is 18.0 Å². The highest BCUT2D eigenvalue weighted by atomic mass is 32.2. The van der Waals surface area contributed by atoms with Crippen LogP contribution in [-0.4, -0.2) is 53.1 Å². The SMILES string of the molecule is CC(O)(C#N)CS(=O)(=O)O.NC(=O)NC(=O)CO. The number of hydrogen-bond acceptors (Lipinski definition) is 7. The summed E-state index contributed by atoms with van der Waals surface area (Å²) in [6.45, 7) is 0.281. The summed E-state index contributed by atoms with van der Waals surface area (Å²) in [5.41, 5.74) is 2.48. The van der Waals surface area contributed by atoms with Crippen LogP contribution in [0.15, 0.2) is 0 Å². The molecule has 11 heteroatoms. The van der Waals surface area contributed by atoms with Gasteiger partial charge in [0.05, 0.1) is 6.07 Å². The van der Waals surface area contributed by atoms with Crippen LogP contribution >= 0.6 is 0 Å². The summed E-state index contributed by atoms with van der Waals surface area (Å²) in [5.74, 6) is -1.76. The molecule has 10 nitrogen and oxygen atoms in total. The summed E-state index contributed by atoms with van der Waals surface area (Å²) >= 11 is 0. The van der Waals surface area contributed by atoms with Crippen LogP contribution in [0.2, 0.25) is 0 Å². The molecule has 0 saturated heterocycles. The Balaban J connectivity index is 0. The van der Waals surface area contributed by atoms with Crippen LogP contribution in [0.25, 0.3) is 0 Å². The van der Waals surface area contributed by atoms with E-state index < -0.39 is 40.0 Å². The van der Waals surface area contributed by atoms with Gasteiger partial charge in [-0.25, -0.2) is 4.79 Å². The third-order valence-electron chi connectivity index (χ3n) is 1.11. The topological polar surface area (TPSA) is 191 Å². The largest absolute Gasteiger partial charge is 0.387 e. The van der Waals surface area contributed by atoms with Crippen LogP contribution in [-0.2, 0) is 14.9 Å². The smallest absolute Gasteiger partial charge is 0.318 e. The van der Waals surface area contributed by atoms with Crippen molar-refractivity contribution in [2.45, 2.75) is 12.5 Å². The van der Waals surface area contributed by atoms with E-state index >= 15 is 0 Å². The number of nitrogens with one attached hydrogen (secondary N) is 1. The van der Waals surface area contributed by atoms with Crippen LogP contribution in [0, 0.1) is 11.3 Å². The zero-order valence-electron chi connectivity index (χ0n) is 9.32. The predicted octanol–water partition coefficient (Wildman–Crippen LogP) is -2.68. The van der Waals surface area contributed by atoms with E-state index in [-0.39, 0.29) is 0 Å². The Morgan fingerprint density at radius 3 is 2.06 bits per heavy atom. The highest BCUT2D eigenvalue weighted by Crippen LogP contribution is 2.03. The van der Waals surface area contributed by atoms with E-state index in [0.717, 1.165) is 6.92 Å². The first kappa shape index (κ1) is 18.6. The van der Waals surface area contributed by atoms with Gasteiger partial charge in [0, 0.05) is 0 Å². The van der Waals surface area contributed by atoms with Gasteiger partial charge in [0.25, 0.3) is 16.0 Å². The Morgan fingerprint density at radius 1 is 1.50 bits per heavy atom. The second-order valence-electron chi connectivity index (χ2n) is 3.18. The molecule has 0 aromatic heterocycles. The van der Waals surface area contributed by atoms with Crippen molar-refractivity contribution in [3.63, 3.8) is 0 Å². The molecule has 18 heavy (non-hydrogen) atoms. The summed E-state index contributed by atoms with van der Waals surface area (Å²) in [4.78, 5) is 19.7. The van der Waals surface area contributed by atoms with Crippen LogP contribution in [0.5, 0.6) is 0 Å². The van der Waals surface area contributed by atoms with E-state index in [1.165, 1.54) is 6.07 Å². The molecular weight excluding hydrogens is 270 g/mol. The quantitative estimate of drug-likeness (QED) is 0.273. The fourth-order valence-corrected chi connectivity index (χ4v) is 1.34. The molecule has 0 aliphatic rings. The van der Waals surface area contributed by atoms with Crippen molar-refractivity contribution in [3.8, 4) is 6.07 Å². The van der Waals surface area contributed by atoms with E-state index in [0.29, 0.717) is 0 Å². The normalized spacial score (nSPS) is 13.3. The highest BCUT2D eigenvalue weighted by Gasteiger charge is 2.26. The van der Waals surface area contributed by atoms with Gasteiger partial charge in [-0.05, 0) is 6.92 Å². The maximum Gasteiger partial charge on any atom is 0.318 e. The van der Waals surface area contributed by atoms with Crippen molar-refractivity contribution < 1.29 is 32.8 Å². The zero-order chi connectivity index (χ0) is 15.0. The van der Waals surface area contributed by atoms with Gasteiger partial charge in [-0.15, -0.1) is 0 Å². The Morgan fingerprint density at radius 2 is 1.94 bits per heavy atom. The molecule has 0 aromatic rings. The fraction of sp³-hybridized carbons (Fsp3) is 0.571. The first-order valence-corrected chi connectivity index (χ1v) is 5.83. The van der Waals surface area contributed by atoms with E-state index in [1.807, 2.05) is 0 Å². The number of hydrogen-bond donors (Lipinski definition) is 5. The van der Waals surface area contributed by atoms with Gasteiger partial charge in [-0.2, -0.15) is 13.7 Å². The summed E-state index contributed by atoms with van der Waals surface area (Å²) < 4.78 is 28.2. The molecule has 0 radical (unpaired) electrons. The van der Waals surface area contributed by atoms with Crippen molar-refractivity contribution >= 4 is 22.1 Å². The summed E-state index contributed by atoms with van der Waals surface area (Å²) in [6.07, 6.45) is 0. The van der Waals surface area contributed by atoms with Crippen molar-refractivity contribution in [3.05, 3.63) is 0 Å². The molecular formula is C7H13N3O7S. The van der Waals surface area contributed by atoms with Gasteiger partial charge in [-0.3, -0.25) is 14.7 Å². The van der Waals surface area contributed by atoms with E-state index in [2.05, 4.69) is 5.73 Å². The van der Waals surface area contributed by atoms with Crippen molar-refractivity contribution in [1.82, 2.24) is 5.32 Å². The van der Waals surface area contributed by atoms with Crippen LogP contribution in [0.3, 0.4) is 0 Å². The number of rotatable bonds is 3. The third kappa shape index (κ3) is 14.3. The Hall–Kier alpha value is -1.74. The van der Waals surface area contributed by atoms with Crippen molar-refractivity contribution in [1.29, 1.82) is 5.26 Å². The molecule has 0 bridgehead atoms. The maximum atomic E-state index is 10.1. The molecule has 1 atom stereocenters. The van der Waals surface area contributed by atoms with Gasteiger partial charge < -0.3 is 15.9 Å². The molecule has 0 fully saturated rings. The number of amides is 3. The lowest BCUT2D eigenvalue weighted by Gasteiger charge is -2.09. The average Bonchev–Trinajstić information content (AvgIpc) is 2.14. The second kappa shape index (κ2) is 7.56. The molecule has 0 aliphatic carbocycles. The number of nitriles is 1. The lowest BCUT2D eigenvalue weighted by molar-refractivity contribution is -0.122. The standard InChI is InChI=1S/C4H7NO4S.C3H6N2O3/c1-4(6,2-5)3-10(7,8)9;4-3(8)5-2(7)1-6/h6H,3H2,1H3,(H,7,8,9);6H,1H2,(H3,4,5,7,8). The molecule has 6 N–H and O–H groups in total. The number of carbonyl (C=O) groups excluding carboxylic acids is 2. The number of imide groups is 1. The van der Waals surface area contributed by atoms with Gasteiger partial charge in [0.15, 0.2) is 5.60 Å². The molecule has 0 saturated carbocycles. The minimum atomic E-state index is -4.27. The number of aliphatic hydroxyl groups excluding tert-OH is 1. The molecule has 0 heterocycles.